The zero-order valence-electron chi connectivity index (χ0n) is 12.2. The lowest BCUT2D eigenvalue weighted by molar-refractivity contribution is -0.0889. The summed E-state index contributed by atoms with van der Waals surface area (Å²) in [5.74, 6) is 0. The van der Waals surface area contributed by atoms with Crippen LogP contribution in [-0.4, -0.2) is 15.7 Å². The van der Waals surface area contributed by atoms with Crippen molar-refractivity contribution in [3.63, 3.8) is 0 Å². The number of allylic oxidation sites excluding steroid dienone is 5. The lowest BCUT2D eigenvalue weighted by atomic mass is 10.1. The van der Waals surface area contributed by atoms with E-state index in [4.69, 9.17) is 11.6 Å². The van der Waals surface area contributed by atoms with Gasteiger partial charge in [-0.1, -0.05) is 30.3 Å². The maximum atomic E-state index is 13.2. The Morgan fingerprint density at radius 2 is 2.17 bits per heavy atom. The second kappa shape index (κ2) is 6.93. The van der Waals surface area contributed by atoms with E-state index < -0.39 is 11.7 Å². The Balaban J connectivity index is 2.63. The molecule has 7 heteroatoms. The van der Waals surface area contributed by atoms with Crippen LogP contribution >= 0.6 is 27.5 Å². The highest BCUT2D eigenvalue weighted by molar-refractivity contribution is 9.10. The standard InChI is InChI=1S/C16H13BrClF3N2/c1-3-11(16(19,20)21)10(13(18)4-2)8-23-9-12(17)15-14(23)6-5-7-22-15/h3-7,9H,1,8H2,2H3/b11-10+,13-4+. The van der Waals surface area contributed by atoms with E-state index in [-0.39, 0.29) is 17.2 Å². The molecule has 2 rings (SSSR count). The minimum Gasteiger partial charge on any atom is -0.340 e. The Hall–Kier alpha value is -1.53. The highest BCUT2D eigenvalue weighted by Crippen LogP contribution is 2.35. The summed E-state index contributed by atoms with van der Waals surface area (Å²) >= 11 is 9.40. The van der Waals surface area contributed by atoms with Crippen molar-refractivity contribution in [2.75, 3.05) is 0 Å². The Morgan fingerprint density at radius 1 is 1.48 bits per heavy atom. The summed E-state index contributed by atoms with van der Waals surface area (Å²) in [5, 5.41) is 0.0408. The second-order valence-electron chi connectivity index (χ2n) is 4.71. The van der Waals surface area contributed by atoms with Crippen molar-refractivity contribution in [1.29, 1.82) is 0 Å². The van der Waals surface area contributed by atoms with Gasteiger partial charge in [-0.25, -0.2) is 0 Å². The number of halogens is 5. The normalized spacial score (nSPS) is 14.1. The van der Waals surface area contributed by atoms with Crippen LogP contribution < -0.4 is 0 Å². The Kier molecular flexibility index (Phi) is 5.37. The van der Waals surface area contributed by atoms with Gasteiger partial charge in [-0.15, -0.1) is 0 Å². The molecule has 0 aliphatic rings. The molecule has 0 amide bonds. The molecular weight excluding hydrogens is 393 g/mol. The van der Waals surface area contributed by atoms with Crippen LogP contribution in [0.4, 0.5) is 13.2 Å². The third-order valence-corrected chi connectivity index (χ3v) is 4.32. The maximum Gasteiger partial charge on any atom is 0.416 e. The smallest absolute Gasteiger partial charge is 0.340 e. The highest BCUT2D eigenvalue weighted by Gasteiger charge is 2.35. The molecule has 0 aromatic carbocycles. The quantitative estimate of drug-likeness (QED) is 0.572. The zero-order chi connectivity index (χ0) is 17.2. The molecule has 122 valence electrons. The first-order chi connectivity index (χ1) is 10.8. The fourth-order valence-corrected chi connectivity index (χ4v) is 2.97. The average molecular weight is 406 g/mol. The lowest BCUT2D eigenvalue weighted by Gasteiger charge is -2.16. The number of pyridine rings is 1. The summed E-state index contributed by atoms with van der Waals surface area (Å²) in [6.07, 6.45) is 1.01. The number of fused-ring (bicyclic) bond motifs is 1. The van der Waals surface area contributed by atoms with Gasteiger partial charge in [0.25, 0.3) is 0 Å². The van der Waals surface area contributed by atoms with Gasteiger partial charge in [-0.2, -0.15) is 13.2 Å². The molecule has 2 aromatic heterocycles. The Labute approximate surface area is 145 Å². The van der Waals surface area contributed by atoms with Gasteiger partial charge in [0.1, 0.15) is 5.52 Å². The summed E-state index contributed by atoms with van der Waals surface area (Å²) in [6.45, 7) is 4.82. The van der Waals surface area contributed by atoms with E-state index >= 15 is 0 Å². The van der Waals surface area contributed by atoms with Crippen molar-refractivity contribution in [3.05, 3.63) is 63.9 Å². The molecule has 0 radical (unpaired) electrons. The number of hydrogen-bond donors (Lipinski definition) is 0. The first kappa shape index (κ1) is 17.8. The zero-order valence-corrected chi connectivity index (χ0v) is 14.5. The first-order valence-electron chi connectivity index (χ1n) is 6.64. The van der Waals surface area contributed by atoms with Crippen LogP contribution in [-0.2, 0) is 6.54 Å². The number of rotatable bonds is 4. The molecule has 0 aliphatic carbocycles. The lowest BCUT2D eigenvalue weighted by Crippen LogP contribution is -2.15. The molecule has 2 aromatic rings. The molecule has 0 saturated heterocycles. The van der Waals surface area contributed by atoms with E-state index in [0.29, 0.717) is 15.5 Å². The van der Waals surface area contributed by atoms with Crippen molar-refractivity contribution >= 4 is 38.6 Å². The van der Waals surface area contributed by atoms with Crippen LogP contribution in [0.15, 0.2) is 63.9 Å². The van der Waals surface area contributed by atoms with E-state index in [1.807, 2.05) is 0 Å². The van der Waals surface area contributed by atoms with E-state index in [9.17, 15) is 13.2 Å². The summed E-state index contributed by atoms with van der Waals surface area (Å²) < 4.78 is 42.1. The van der Waals surface area contributed by atoms with Gasteiger partial charge in [-0.3, -0.25) is 4.98 Å². The third-order valence-electron chi connectivity index (χ3n) is 3.30. The predicted molar refractivity (Wildman–Crippen MR) is 90.3 cm³/mol. The van der Waals surface area contributed by atoms with Crippen LogP contribution in [0, 0.1) is 0 Å². The van der Waals surface area contributed by atoms with Gasteiger partial charge in [-0.05, 0) is 35.0 Å². The number of aromatic nitrogens is 2. The van der Waals surface area contributed by atoms with Crippen molar-refractivity contribution in [3.8, 4) is 0 Å². The fourth-order valence-electron chi connectivity index (χ4n) is 2.25. The van der Waals surface area contributed by atoms with Gasteiger partial charge < -0.3 is 4.57 Å². The molecule has 0 unspecified atom stereocenters. The molecule has 0 fully saturated rings. The molecule has 0 aliphatic heterocycles. The number of hydrogen-bond acceptors (Lipinski definition) is 1. The van der Waals surface area contributed by atoms with Gasteiger partial charge in [0, 0.05) is 29.5 Å². The van der Waals surface area contributed by atoms with Crippen LogP contribution in [0.1, 0.15) is 6.92 Å². The van der Waals surface area contributed by atoms with Gasteiger partial charge in [0.05, 0.1) is 15.6 Å². The molecule has 23 heavy (non-hydrogen) atoms. The maximum absolute atomic E-state index is 13.2. The molecule has 0 saturated carbocycles. The Bertz CT molecular complexity index is 803. The van der Waals surface area contributed by atoms with E-state index in [2.05, 4.69) is 27.5 Å². The summed E-state index contributed by atoms with van der Waals surface area (Å²) in [6, 6.07) is 3.51. The highest BCUT2D eigenvalue weighted by atomic mass is 79.9. The molecule has 0 bridgehead atoms. The number of nitrogens with zero attached hydrogens (tertiary/aromatic N) is 2. The van der Waals surface area contributed by atoms with Gasteiger partial charge in [0.2, 0.25) is 0 Å². The number of alkyl halides is 3. The monoisotopic (exact) mass is 404 g/mol. The summed E-state index contributed by atoms with van der Waals surface area (Å²) in [5.41, 5.74) is 0.506. The summed E-state index contributed by atoms with van der Waals surface area (Å²) in [4.78, 5) is 4.21. The Morgan fingerprint density at radius 3 is 2.74 bits per heavy atom. The predicted octanol–water partition coefficient (Wildman–Crippen LogP) is 5.99. The minimum atomic E-state index is -4.53. The molecule has 2 nitrogen and oxygen atoms in total. The van der Waals surface area contributed by atoms with Crippen LogP contribution in [0.2, 0.25) is 0 Å². The van der Waals surface area contributed by atoms with Gasteiger partial charge in [0.15, 0.2) is 0 Å². The first-order valence-corrected chi connectivity index (χ1v) is 7.81. The van der Waals surface area contributed by atoms with Gasteiger partial charge >= 0.3 is 6.18 Å². The summed E-state index contributed by atoms with van der Waals surface area (Å²) in [7, 11) is 0. The second-order valence-corrected chi connectivity index (χ2v) is 5.97. The molecule has 2 heterocycles. The molecule has 0 spiro atoms. The molecular formula is C16H13BrClF3N2. The van der Waals surface area contributed by atoms with Crippen molar-refractivity contribution < 1.29 is 13.2 Å². The fraction of sp³-hybridized carbons (Fsp3) is 0.188. The topological polar surface area (TPSA) is 17.8 Å². The SMILES string of the molecule is C=C/C(=C(Cn1cc(Br)c2ncccc21)\C(Cl)=C/C)C(F)(F)F. The van der Waals surface area contributed by atoms with E-state index in [1.54, 1.807) is 36.0 Å². The van der Waals surface area contributed by atoms with Crippen molar-refractivity contribution in [1.82, 2.24) is 9.55 Å². The van der Waals surface area contributed by atoms with Crippen LogP contribution in [0.5, 0.6) is 0 Å². The minimum absolute atomic E-state index is 0.0371. The molecule has 0 atom stereocenters. The van der Waals surface area contributed by atoms with Crippen molar-refractivity contribution in [2.24, 2.45) is 0 Å². The van der Waals surface area contributed by atoms with E-state index in [1.165, 1.54) is 6.08 Å². The van der Waals surface area contributed by atoms with E-state index in [0.717, 1.165) is 6.08 Å². The van der Waals surface area contributed by atoms with Crippen molar-refractivity contribution in [2.45, 2.75) is 19.6 Å². The van der Waals surface area contributed by atoms with Crippen LogP contribution in [0.25, 0.3) is 11.0 Å². The largest absolute Gasteiger partial charge is 0.416 e. The average Bonchev–Trinajstić information content (AvgIpc) is 2.82. The molecule has 0 N–H and O–H groups in total. The third kappa shape index (κ3) is 3.70. The van der Waals surface area contributed by atoms with Crippen LogP contribution in [0.3, 0.4) is 0 Å².